The van der Waals surface area contributed by atoms with Gasteiger partial charge in [0.2, 0.25) is 0 Å². The van der Waals surface area contributed by atoms with E-state index in [0.29, 0.717) is 0 Å². The molecule has 0 saturated heterocycles. The number of fused-ring (bicyclic) bond motifs is 1. The second-order valence-electron chi connectivity index (χ2n) is 4.36. The summed E-state index contributed by atoms with van der Waals surface area (Å²) < 4.78 is 2.89. The van der Waals surface area contributed by atoms with Crippen LogP contribution in [0.5, 0.6) is 0 Å². The Morgan fingerprint density at radius 3 is 2.73 bits per heavy atom. The minimum atomic E-state index is 0.154. The van der Waals surface area contributed by atoms with Crippen molar-refractivity contribution in [2.75, 3.05) is 4.43 Å². The van der Waals surface area contributed by atoms with Gasteiger partial charge in [0.05, 0.1) is 0 Å². The van der Waals surface area contributed by atoms with E-state index < -0.39 is 0 Å². The Kier molecular flexibility index (Phi) is 2.88. The molecular formula is C13H17IN-. The molecule has 0 spiro atoms. The summed E-state index contributed by atoms with van der Waals surface area (Å²) in [6.45, 7) is 9.01. The quantitative estimate of drug-likeness (QED) is 0.552. The van der Waals surface area contributed by atoms with Gasteiger partial charge in [-0.1, -0.05) is 0 Å². The molecule has 1 aromatic rings. The monoisotopic (exact) mass is 314 g/mol. The van der Waals surface area contributed by atoms with E-state index in [1.165, 1.54) is 21.4 Å². The van der Waals surface area contributed by atoms with E-state index in [4.69, 9.17) is 0 Å². The van der Waals surface area contributed by atoms with E-state index in [2.05, 4.69) is 50.9 Å². The van der Waals surface area contributed by atoms with Crippen molar-refractivity contribution >= 4 is 11.4 Å². The van der Waals surface area contributed by atoms with E-state index in [1.807, 2.05) is 0 Å². The maximum atomic E-state index is 4.68. The van der Waals surface area contributed by atoms with Crippen molar-refractivity contribution in [3.63, 3.8) is 0 Å². The zero-order valence-electron chi connectivity index (χ0n) is 9.76. The molecule has 1 nitrogen and oxygen atoms in total. The summed E-state index contributed by atoms with van der Waals surface area (Å²) in [5.74, 6) is 0. The molecule has 0 unspecified atom stereocenters. The fourth-order valence-electron chi connectivity index (χ4n) is 1.98. The Balaban J connectivity index is 2.57. The summed E-state index contributed by atoms with van der Waals surface area (Å²) in [4.78, 5) is 4.68. The summed E-state index contributed by atoms with van der Waals surface area (Å²) in [7, 11) is 0. The van der Waals surface area contributed by atoms with E-state index >= 15 is 0 Å². The molecule has 0 fully saturated rings. The van der Waals surface area contributed by atoms with Crippen molar-refractivity contribution in [3.05, 3.63) is 27.3 Å². The number of hydrogen-bond acceptors (Lipinski definition) is 1. The Morgan fingerprint density at radius 2 is 2.07 bits per heavy atom. The van der Waals surface area contributed by atoms with Gasteiger partial charge < -0.3 is 0 Å². The van der Waals surface area contributed by atoms with Crippen LogP contribution in [0.2, 0.25) is 0 Å². The van der Waals surface area contributed by atoms with Gasteiger partial charge in [0.25, 0.3) is 0 Å². The first-order chi connectivity index (χ1) is 7.07. The van der Waals surface area contributed by atoms with Gasteiger partial charge in [-0.05, 0) is 0 Å². The topological polar surface area (TPSA) is 12.4 Å². The van der Waals surface area contributed by atoms with Gasteiger partial charge in [-0.15, -0.1) is 0 Å². The van der Waals surface area contributed by atoms with Gasteiger partial charge in [-0.25, -0.2) is 0 Å². The maximum absolute atomic E-state index is 4.68. The molecule has 0 aromatic heterocycles. The summed E-state index contributed by atoms with van der Waals surface area (Å²) in [6.07, 6.45) is 0. The molecule has 1 aliphatic heterocycles. The number of aliphatic imine (C=N–C) groups is 1. The molecule has 0 N–H and O–H groups in total. The Morgan fingerprint density at radius 1 is 1.33 bits per heavy atom. The Labute approximate surface area is 102 Å². The van der Waals surface area contributed by atoms with Gasteiger partial charge in [-0.2, -0.15) is 0 Å². The Hall–Kier alpha value is -0.380. The van der Waals surface area contributed by atoms with E-state index in [-0.39, 0.29) is 26.6 Å². The molecule has 2 rings (SSSR count). The number of nitrogens with zero attached hydrogens (tertiary/aromatic N) is 1. The molecule has 0 radical (unpaired) electrons. The normalized spacial score (nSPS) is 17.7. The molecule has 0 aliphatic carbocycles. The van der Waals surface area contributed by atoms with Crippen LogP contribution in [-0.4, -0.2) is 10.1 Å². The minimum absolute atomic E-state index is 0.154. The van der Waals surface area contributed by atoms with Crippen LogP contribution in [0.25, 0.3) is 0 Å². The van der Waals surface area contributed by atoms with Crippen molar-refractivity contribution in [2.45, 2.75) is 33.1 Å². The van der Waals surface area contributed by atoms with E-state index in [0.717, 1.165) is 0 Å². The van der Waals surface area contributed by atoms with Gasteiger partial charge >= 0.3 is 102 Å². The van der Waals surface area contributed by atoms with Crippen LogP contribution < -0.4 is 21.2 Å². The van der Waals surface area contributed by atoms with Gasteiger partial charge in [0.1, 0.15) is 0 Å². The fraction of sp³-hybridized carbons (Fsp3) is 0.462. The zero-order chi connectivity index (χ0) is 11.1. The summed E-state index contributed by atoms with van der Waals surface area (Å²) in [5.41, 5.74) is 4.12. The van der Waals surface area contributed by atoms with Crippen molar-refractivity contribution in [2.24, 2.45) is 4.99 Å². The fourth-order valence-corrected chi connectivity index (χ4v) is 4.60. The first kappa shape index (κ1) is 11.1. The molecule has 0 atom stereocenters. The van der Waals surface area contributed by atoms with Crippen LogP contribution in [0.15, 0.2) is 23.2 Å². The van der Waals surface area contributed by atoms with Crippen LogP contribution in [0.1, 0.15) is 33.3 Å². The van der Waals surface area contributed by atoms with E-state index in [1.54, 1.807) is 3.57 Å². The third-order valence-electron chi connectivity index (χ3n) is 3.09. The van der Waals surface area contributed by atoms with Gasteiger partial charge in [0, 0.05) is 0 Å². The predicted molar refractivity (Wildman–Crippen MR) is 61.5 cm³/mol. The summed E-state index contributed by atoms with van der Waals surface area (Å²) in [5, 5.41) is 0. The molecular weight excluding hydrogens is 297 g/mol. The van der Waals surface area contributed by atoms with Crippen LogP contribution in [0.4, 0.5) is 5.69 Å². The standard InChI is InChI=1S/C13H17IN/c1-5-14-10-7-6-8-11-12(10)13(3,4)9(2)15-11/h6-8H,5H2,1-4H3/q-1. The summed E-state index contributed by atoms with van der Waals surface area (Å²) >= 11 is 0.173. The second-order valence-corrected chi connectivity index (χ2v) is 7.81. The number of hydrogen-bond donors (Lipinski definition) is 0. The Bertz CT molecular complexity index is 419. The third-order valence-corrected chi connectivity index (χ3v) is 5.57. The van der Waals surface area contributed by atoms with Crippen LogP contribution in [0, 0.1) is 3.57 Å². The van der Waals surface area contributed by atoms with Gasteiger partial charge in [-0.3, -0.25) is 0 Å². The second kappa shape index (κ2) is 3.89. The molecule has 1 heterocycles. The third kappa shape index (κ3) is 1.73. The first-order valence-electron chi connectivity index (χ1n) is 5.35. The number of halogens is 1. The molecule has 0 bridgehead atoms. The van der Waals surface area contributed by atoms with Crippen LogP contribution in [-0.2, 0) is 5.41 Å². The van der Waals surface area contributed by atoms with Crippen LogP contribution >= 0.6 is 0 Å². The SMILES string of the molecule is CC[I-]c1cccc2c1C(C)(C)C(C)=N2. The van der Waals surface area contributed by atoms with Crippen molar-refractivity contribution in [3.8, 4) is 0 Å². The average Bonchev–Trinajstić information content (AvgIpc) is 2.39. The number of rotatable bonds is 2. The number of benzene rings is 1. The zero-order valence-corrected chi connectivity index (χ0v) is 11.9. The van der Waals surface area contributed by atoms with Crippen LogP contribution in [0.3, 0.4) is 0 Å². The van der Waals surface area contributed by atoms with E-state index in [9.17, 15) is 0 Å². The van der Waals surface area contributed by atoms with Gasteiger partial charge in [0.15, 0.2) is 0 Å². The molecule has 82 valence electrons. The van der Waals surface area contributed by atoms with Crippen molar-refractivity contribution < 1.29 is 21.2 Å². The summed E-state index contributed by atoms with van der Waals surface area (Å²) in [6, 6.07) is 6.60. The molecule has 2 heteroatoms. The molecule has 1 aliphatic rings. The number of alkyl halides is 1. The average molecular weight is 314 g/mol. The molecule has 0 amide bonds. The predicted octanol–water partition coefficient (Wildman–Crippen LogP) is 0.349. The van der Waals surface area contributed by atoms with Crippen molar-refractivity contribution in [1.29, 1.82) is 0 Å². The van der Waals surface area contributed by atoms with Crippen molar-refractivity contribution in [1.82, 2.24) is 0 Å². The molecule has 15 heavy (non-hydrogen) atoms. The molecule has 1 aromatic carbocycles. The first-order valence-corrected chi connectivity index (χ1v) is 7.96. The molecule has 0 saturated carbocycles.